The Morgan fingerprint density at radius 3 is 1.06 bits per heavy atom. The van der Waals surface area contributed by atoms with E-state index in [0.717, 1.165) is 107 Å². The van der Waals surface area contributed by atoms with Crippen LogP contribution in [0.4, 0.5) is 0 Å². The van der Waals surface area contributed by atoms with Crippen molar-refractivity contribution in [3.05, 3.63) is 212 Å². The van der Waals surface area contributed by atoms with Crippen LogP contribution in [-0.2, 0) is 64.9 Å². The molecule has 17 rings (SSSR count). The lowest BCUT2D eigenvalue weighted by atomic mass is 10.0. The SMILES string of the molecule is CC(=O)CCS(=O)(=O)N[C@H]1CCc2c(-c3noc(-c4ccc(OC(C)C)c(C#N)c4)n3)cccc21.CC(=O)CS(=O)(=O)N[C@@H]1CCc2c(-c3noc(-c4ccc(OC(C)C)c(C#N)c4)n3)cccc21.CC(C)Oc1ccc(-c2nc(-c3cccc4c3CC[C@H]4NC(C)C(=O)N(C)C)no2)cc1C#N.CC(C)Oc1ccc(-c2nc(-c3cccc4c3CC[C@H]4NCC(=O)N3CCCCC3)no2)cc1C#N. The number of carbonyl (C=O) groups excluding carboxylic acids is 4. The normalized spacial score (nSPS) is 15.8. The van der Waals surface area contributed by atoms with Crippen LogP contribution in [0.15, 0.2) is 164 Å². The van der Waals surface area contributed by atoms with Crippen molar-refractivity contribution in [1.29, 1.82) is 21.0 Å². The molecule has 0 saturated carbocycles. The van der Waals surface area contributed by atoms with Crippen LogP contribution in [0.2, 0.25) is 0 Å². The first-order valence-corrected chi connectivity index (χ1v) is 49.6. The van der Waals surface area contributed by atoms with Crippen molar-refractivity contribution in [3.63, 3.8) is 0 Å². The smallest absolute Gasteiger partial charge is 0.258 e. The van der Waals surface area contributed by atoms with E-state index >= 15 is 0 Å². The van der Waals surface area contributed by atoms with Crippen LogP contribution in [-0.4, -0.2) is 166 Å². The van der Waals surface area contributed by atoms with Crippen molar-refractivity contribution in [2.75, 3.05) is 45.2 Å². The van der Waals surface area contributed by atoms with Gasteiger partial charge in [-0.05, 0) is 264 Å². The molecule has 2 amide bonds. The van der Waals surface area contributed by atoms with E-state index in [4.69, 9.17) is 37.0 Å². The zero-order valence-corrected chi connectivity index (χ0v) is 81.3. The molecule has 4 aliphatic carbocycles. The van der Waals surface area contributed by atoms with Crippen LogP contribution in [0.5, 0.6) is 23.0 Å². The molecule has 1 saturated heterocycles. The molecule has 139 heavy (non-hydrogen) atoms. The number of ketones is 2. The Kier molecular flexibility index (Phi) is 32.3. The van der Waals surface area contributed by atoms with E-state index in [1.54, 1.807) is 79.7 Å². The predicted octanol–water partition coefficient (Wildman–Crippen LogP) is 16.3. The largest absolute Gasteiger partial charge is 0.490 e. The molecular formula is C103H110N18O16S2. The Hall–Kier alpha value is -14.5. The average Bonchev–Trinajstić information content (AvgIpc) is 1.64. The fourth-order valence-electron chi connectivity index (χ4n) is 17.6. The molecule has 1 unspecified atom stereocenters. The standard InChI is InChI=1S/C28H31N5O3.C26H29N5O3.C25H26N4O5S.C24H24N4O5S/c1-18(2)35-25-12-9-19(15-20(25)16-29)28-31-27(32-36-28)23-8-6-7-22-21(23)10-11-24(22)30-17-26(34)33-13-4-3-5-14-33;1-15(2)33-23-12-9-17(13-18(23)14-27)25-29-24(30-34-25)21-8-6-7-20-19(21)10-11-22(20)28-16(3)26(32)31(4)5;1-15(2)33-23-10-7-17(13-18(23)14-26)25-27-24(28-34-25)21-6-4-5-20-19(21)8-9-22(20)29-35(31,32)12-11-16(3)30;1-14(2)32-22-10-7-16(11-17(22)12-25)24-26-23(27-33-24)20-6-4-5-19-18(20)8-9-21(19)28-34(30,31)13-15(3)29/h6-9,12,15,18,24,30H,3-5,10-11,13-14,17H2,1-2H3;6-9,12-13,15-16,22,28H,10-11H2,1-5H3;4-7,10,13,15,22,29H,8-9,11-12H2,1-3H3;4-7,10-11,14,21,28H,8-9,13H2,1-3H3/t24-;16?,22-;22-;21-/m1101/s1. The summed E-state index contributed by atoms with van der Waals surface area (Å²) in [6.45, 7) is 21.8. The number of amides is 2. The number of nitrogens with one attached hydrogen (secondary N) is 4. The average molecular weight is 1920 g/mol. The number of likely N-dealkylation sites (tertiary alicyclic amines) is 1. The molecule has 12 aromatic rings. The number of fused-ring (bicyclic) bond motifs is 4. The lowest BCUT2D eigenvalue weighted by Crippen LogP contribution is -2.42. The number of hydrogen-bond acceptors (Lipinski definition) is 30. The summed E-state index contributed by atoms with van der Waals surface area (Å²) in [7, 11) is -3.78. The van der Waals surface area contributed by atoms with Crippen molar-refractivity contribution in [2.24, 2.45) is 0 Å². The third kappa shape index (κ3) is 24.7. The van der Waals surface area contributed by atoms with Crippen LogP contribution in [0, 0.1) is 45.3 Å². The summed E-state index contributed by atoms with van der Waals surface area (Å²) in [5.74, 6) is 3.94. The lowest BCUT2D eigenvalue weighted by Gasteiger charge is -2.27. The molecule has 720 valence electrons. The number of piperidine rings is 1. The van der Waals surface area contributed by atoms with Crippen LogP contribution >= 0.6 is 0 Å². The number of nitrogens with zero attached hydrogens (tertiary/aromatic N) is 14. The molecule has 0 radical (unpaired) electrons. The second-order valence-electron chi connectivity index (χ2n) is 35.9. The molecule has 1 aliphatic heterocycles. The highest BCUT2D eigenvalue weighted by Gasteiger charge is 2.36. The topological polar surface area (TPSA) is 479 Å². The molecule has 5 atom stereocenters. The van der Waals surface area contributed by atoms with Gasteiger partial charge >= 0.3 is 0 Å². The number of hydrogen-bond donors (Lipinski definition) is 4. The van der Waals surface area contributed by atoms with E-state index in [0.29, 0.717) is 135 Å². The number of sulfonamides is 2. The molecule has 4 aromatic heterocycles. The van der Waals surface area contributed by atoms with Gasteiger partial charge in [-0.2, -0.15) is 41.0 Å². The molecule has 0 bridgehead atoms. The van der Waals surface area contributed by atoms with Gasteiger partial charge in [0.05, 0.1) is 65.0 Å². The second-order valence-corrected chi connectivity index (χ2v) is 39.5. The highest BCUT2D eigenvalue weighted by atomic mass is 32.2. The fourth-order valence-corrected chi connectivity index (χ4v) is 20.3. The Morgan fingerprint density at radius 2 is 0.748 bits per heavy atom. The molecule has 5 heterocycles. The van der Waals surface area contributed by atoms with Crippen LogP contribution in [0.3, 0.4) is 0 Å². The van der Waals surface area contributed by atoms with Crippen LogP contribution < -0.4 is 39.0 Å². The van der Waals surface area contributed by atoms with E-state index < -0.39 is 37.6 Å². The van der Waals surface area contributed by atoms with E-state index in [1.165, 1.54) is 31.4 Å². The molecular weight excluding hydrogens is 1810 g/mol. The number of nitriles is 4. The lowest BCUT2D eigenvalue weighted by molar-refractivity contribution is -0.131. The van der Waals surface area contributed by atoms with Gasteiger partial charge in [-0.1, -0.05) is 93.4 Å². The van der Waals surface area contributed by atoms with Gasteiger partial charge in [0.1, 0.15) is 64.6 Å². The summed E-state index contributed by atoms with van der Waals surface area (Å²) in [4.78, 5) is 69.3. The number of rotatable bonds is 31. The molecule has 34 nitrogen and oxygen atoms in total. The zero-order chi connectivity index (χ0) is 99.1. The van der Waals surface area contributed by atoms with Gasteiger partial charge in [-0.15, -0.1) is 0 Å². The van der Waals surface area contributed by atoms with Gasteiger partial charge in [0.15, 0.2) is 0 Å². The maximum Gasteiger partial charge on any atom is 0.258 e. The van der Waals surface area contributed by atoms with Crippen molar-refractivity contribution in [1.82, 2.24) is 70.4 Å². The van der Waals surface area contributed by atoms with Crippen LogP contribution in [0.1, 0.15) is 218 Å². The molecule has 4 N–H and O–H groups in total. The van der Waals surface area contributed by atoms with Gasteiger partial charge in [0.2, 0.25) is 55.2 Å². The first kappa shape index (κ1) is 100. The maximum absolute atomic E-state index is 12.6. The van der Waals surface area contributed by atoms with Gasteiger partial charge < -0.3 is 52.2 Å². The van der Waals surface area contributed by atoms with Crippen molar-refractivity contribution >= 4 is 43.4 Å². The fraction of sp³-hybridized carbons (Fsp3) is 0.379. The van der Waals surface area contributed by atoms with E-state index in [2.05, 4.69) is 97.0 Å². The Balaban J connectivity index is 0.000000148. The summed E-state index contributed by atoms with van der Waals surface area (Å²) in [5.41, 5.74) is 15.8. The van der Waals surface area contributed by atoms with Gasteiger partial charge in [0.25, 0.3) is 23.6 Å². The summed E-state index contributed by atoms with van der Waals surface area (Å²) in [6, 6.07) is 51.9. The minimum Gasteiger partial charge on any atom is -0.490 e. The van der Waals surface area contributed by atoms with E-state index in [1.807, 2.05) is 140 Å². The molecule has 36 heteroatoms. The summed E-state index contributed by atoms with van der Waals surface area (Å²) >= 11 is 0. The Morgan fingerprint density at radius 1 is 0.432 bits per heavy atom. The first-order valence-electron chi connectivity index (χ1n) is 46.3. The molecule has 8 aromatic carbocycles. The number of benzene rings is 8. The predicted molar refractivity (Wildman–Crippen MR) is 516 cm³/mol. The maximum atomic E-state index is 12.6. The molecule has 5 aliphatic rings. The summed E-state index contributed by atoms with van der Waals surface area (Å²) in [5, 5.41) is 61.7. The highest BCUT2D eigenvalue weighted by Crippen LogP contribution is 2.44. The minimum atomic E-state index is -3.72. The highest BCUT2D eigenvalue weighted by molar-refractivity contribution is 7.90. The summed E-state index contributed by atoms with van der Waals surface area (Å²) < 4.78 is 99.5. The Labute approximate surface area is 807 Å². The van der Waals surface area contributed by atoms with E-state index in [-0.39, 0.29) is 90.1 Å². The molecule has 1 fully saturated rings. The van der Waals surface area contributed by atoms with Crippen molar-refractivity contribution in [2.45, 2.75) is 208 Å². The molecule has 0 spiro atoms. The quantitative estimate of drug-likeness (QED) is 0.0313. The third-order valence-electron chi connectivity index (χ3n) is 23.8. The van der Waals surface area contributed by atoms with Crippen molar-refractivity contribution < 1.29 is 73.1 Å². The number of aromatic nitrogens is 8. The first-order chi connectivity index (χ1) is 66.6. The van der Waals surface area contributed by atoms with E-state index in [9.17, 15) is 57.1 Å². The minimum absolute atomic E-state index is 0.0152. The number of carbonyl (C=O) groups is 4. The van der Waals surface area contributed by atoms with Crippen molar-refractivity contribution in [3.8, 4) is 139 Å². The number of likely N-dealkylation sites (N-methyl/N-ethyl adjacent to an activating group) is 1. The van der Waals surface area contributed by atoms with Gasteiger partial charge in [0, 0.05) is 102 Å². The monoisotopic (exact) mass is 1920 g/mol. The summed E-state index contributed by atoms with van der Waals surface area (Å²) in [6.07, 6.45) is 9.20. The number of ether oxygens (including phenoxy) is 4. The third-order valence-corrected chi connectivity index (χ3v) is 26.6. The van der Waals surface area contributed by atoms with Gasteiger partial charge in [-0.3, -0.25) is 24.5 Å². The zero-order valence-electron chi connectivity index (χ0n) is 79.7. The van der Waals surface area contributed by atoms with Gasteiger partial charge in [-0.25, -0.2) is 26.3 Å². The number of Topliss-reactive ketones (excluding diaryl/α,β-unsaturated/α-hetero) is 2. The Bertz CT molecular complexity index is 6970. The van der Waals surface area contributed by atoms with Crippen LogP contribution in [0.25, 0.3) is 91.4 Å². The second kappa shape index (κ2) is 44.8.